The average Bonchev–Trinajstić information content (AvgIpc) is 2.60. The van der Waals surface area contributed by atoms with Crippen LogP contribution in [-0.4, -0.2) is 44.7 Å². The summed E-state index contributed by atoms with van der Waals surface area (Å²) in [5, 5.41) is 4.80. The maximum Gasteiger partial charge on any atom is 0.262 e. The van der Waals surface area contributed by atoms with Gasteiger partial charge in [-0.15, -0.1) is 0 Å². The number of rotatable bonds is 5. The van der Waals surface area contributed by atoms with Gasteiger partial charge >= 0.3 is 0 Å². The molecule has 0 radical (unpaired) electrons. The SMILES string of the molecule is CN(CC(=O)Nc1cccc(F)c1)S(=O)(=O)c1cc2c(cc1Cl)NC(=O)CO2. The molecule has 0 saturated heterocycles. The Bertz CT molecular complexity index is 1060. The maximum atomic E-state index is 13.2. The van der Waals surface area contributed by atoms with Crippen LogP contribution in [0.3, 0.4) is 0 Å². The van der Waals surface area contributed by atoms with Crippen molar-refractivity contribution in [3.8, 4) is 5.75 Å². The fourth-order valence-electron chi connectivity index (χ4n) is 2.50. The van der Waals surface area contributed by atoms with E-state index in [2.05, 4.69) is 10.6 Å². The van der Waals surface area contributed by atoms with Crippen molar-refractivity contribution in [2.45, 2.75) is 4.90 Å². The first kappa shape index (κ1) is 20.1. The molecule has 0 atom stereocenters. The minimum atomic E-state index is -4.14. The lowest BCUT2D eigenvalue weighted by atomic mass is 10.2. The number of sulfonamides is 1. The van der Waals surface area contributed by atoms with Crippen LogP contribution in [0.2, 0.25) is 5.02 Å². The van der Waals surface area contributed by atoms with Gasteiger partial charge in [0.05, 0.1) is 17.3 Å². The lowest BCUT2D eigenvalue weighted by molar-refractivity contribution is -0.118. The highest BCUT2D eigenvalue weighted by Crippen LogP contribution is 2.36. The van der Waals surface area contributed by atoms with Crippen molar-refractivity contribution in [1.29, 1.82) is 0 Å². The smallest absolute Gasteiger partial charge is 0.262 e. The zero-order valence-corrected chi connectivity index (χ0v) is 16.1. The molecule has 2 amide bonds. The molecule has 0 unspecified atom stereocenters. The number of carbonyl (C=O) groups excluding carboxylic acids is 2. The molecule has 0 spiro atoms. The van der Waals surface area contributed by atoms with Crippen molar-refractivity contribution in [2.75, 3.05) is 30.8 Å². The third kappa shape index (κ3) is 4.24. The van der Waals surface area contributed by atoms with Crippen LogP contribution in [0, 0.1) is 5.82 Å². The lowest BCUT2D eigenvalue weighted by Crippen LogP contribution is -2.35. The molecule has 2 aromatic rings. The molecule has 28 heavy (non-hydrogen) atoms. The first-order valence-corrected chi connectivity index (χ1v) is 9.76. The van der Waals surface area contributed by atoms with Crippen molar-refractivity contribution in [3.05, 3.63) is 47.2 Å². The highest BCUT2D eigenvalue weighted by atomic mass is 35.5. The number of amides is 2. The van der Waals surface area contributed by atoms with Crippen molar-refractivity contribution >= 4 is 44.8 Å². The van der Waals surface area contributed by atoms with Gasteiger partial charge < -0.3 is 15.4 Å². The highest BCUT2D eigenvalue weighted by molar-refractivity contribution is 7.89. The molecule has 0 aromatic heterocycles. The Labute approximate surface area is 165 Å². The summed E-state index contributed by atoms with van der Waals surface area (Å²) in [6.45, 7) is -0.774. The number of anilines is 2. The van der Waals surface area contributed by atoms with Crippen LogP contribution in [0.15, 0.2) is 41.3 Å². The van der Waals surface area contributed by atoms with E-state index < -0.39 is 28.3 Å². The molecule has 2 N–H and O–H groups in total. The van der Waals surface area contributed by atoms with Gasteiger partial charge in [0.2, 0.25) is 15.9 Å². The van der Waals surface area contributed by atoms with Gasteiger partial charge in [0.1, 0.15) is 16.5 Å². The number of likely N-dealkylation sites (N-methyl/N-ethyl adjacent to an activating group) is 1. The molecule has 1 heterocycles. The van der Waals surface area contributed by atoms with Gasteiger partial charge in [-0.1, -0.05) is 17.7 Å². The maximum absolute atomic E-state index is 13.2. The number of carbonyl (C=O) groups is 2. The Balaban J connectivity index is 1.78. The van der Waals surface area contributed by atoms with E-state index in [9.17, 15) is 22.4 Å². The van der Waals surface area contributed by atoms with Gasteiger partial charge in [0, 0.05) is 18.8 Å². The van der Waals surface area contributed by atoms with Crippen LogP contribution in [0.4, 0.5) is 15.8 Å². The molecule has 0 saturated carbocycles. The molecule has 3 rings (SSSR count). The monoisotopic (exact) mass is 427 g/mol. The second-order valence-electron chi connectivity index (χ2n) is 5.94. The Morgan fingerprint density at radius 2 is 2.11 bits per heavy atom. The highest BCUT2D eigenvalue weighted by Gasteiger charge is 2.28. The fraction of sp³-hybridized carbons (Fsp3) is 0.176. The quantitative estimate of drug-likeness (QED) is 0.760. The lowest BCUT2D eigenvalue weighted by Gasteiger charge is -2.22. The first-order valence-electron chi connectivity index (χ1n) is 7.95. The Kier molecular flexibility index (Phi) is 5.54. The van der Waals surface area contributed by atoms with E-state index >= 15 is 0 Å². The van der Waals surface area contributed by atoms with Crippen LogP contribution >= 0.6 is 11.6 Å². The van der Waals surface area contributed by atoms with E-state index in [-0.39, 0.29) is 39.6 Å². The van der Waals surface area contributed by atoms with Crippen molar-refractivity contribution < 1.29 is 27.1 Å². The van der Waals surface area contributed by atoms with Gasteiger partial charge in [-0.2, -0.15) is 4.31 Å². The standard InChI is InChI=1S/C17H15ClFN3O5S/c1-22(8-16(23)20-11-4-2-3-10(19)5-11)28(25,26)15-7-14-13(6-12(15)18)21-17(24)9-27-14/h2-7H,8-9H2,1H3,(H,20,23)(H,21,24). The molecule has 148 valence electrons. The van der Waals surface area contributed by atoms with Gasteiger partial charge in [-0.25, -0.2) is 12.8 Å². The number of fused-ring (bicyclic) bond motifs is 1. The fourth-order valence-corrected chi connectivity index (χ4v) is 4.14. The number of ether oxygens (including phenoxy) is 1. The van der Waals surface area contributed by atoms with E-state index in [1.165, 1.54) is 37.4 Å². The summed E-state index contributed by atoms with van der Waals surface area (Å²) in [7, 11) is -2.93. The predicted octanol–water partition coefficient (Wildman–Crippen LogP) is 2.07. The van der Waals surface area contributed by atoms with E-state index in [0.717, 1.165) is 10.4 Å². The zero-order chi connectivity index (χ0) is 20.5. The van der Waals surface area contributed by atoms with Crippen LogP contribution in [-0.2, 0) is 19.6 Å². The second-order valence-corrected chi connectivity index (χ2v) is 8.36. The number of nitrogens with one attached hydrogen (secondary N) is 2. The third-order valence-electron chi connectivity index (χ3n) is 3.83. The van der Waals surface area contributed by atoms with Gasteiger partial charge in [0.15, 0.2) is 6.61 Å². The van der Waals surface area contributed by atoms with Crippen LogP contribution < -0.4 is 15.4 Å². The minimum Gasteiger partial charge on any atom is -0.482 e. The van der Waals surface area contributed by atoms with Crippen molar-refractivity contribution in [3.63, 3.8) is 0 Å². The molecule has 0 bridgehead atoms. The number of hydrogen-bond acceptors (Lipinski definition) is 5. The summed E-state index contributed by atoms with van der Waals surface area (Å²) in [6, 6.07) is 7.67. The van der Waals surface area contributed by atoms with E-state index in [1.54, 1.807) is 0 Å². The Hall–Kier alpha value is -2.69. The Morgan fingerprint density at radius 3 is 2.82 bits per heavy atom. The normalized spacial score (nSPS) is 13.5. The predicted molar refractivity (Wildman–Crippen MR) is 100 cm³/mol. The Morgan fingerprint density at radius 1 is 1.36 bits per heavy atom. The summed E-state index contributed by atoms with van der Waals surface area (Å²) >= 11 is 6.07. The second kappa shape index (κ2) is 7.74. The van der Waals surface area contributed by atoms with E-state index in [4.69, 9.17) is 16.3 Å². The summed E-state index contributed by atoms with van der Waals surface area (Å²) in [4.78, 5) is 23.2. The average molecular weight is 428 g/mol. The molecular formula is C17H15ClFN3O5S. The number of nitrogens with zero attached hydrogens (tertiary/aromatic N) is 1. The minimum absolute atomic E-state index is 0.137. The first-order chi connectivity index (χ1) is 13.2. The number of halogens is 2. The molecule has 11 heteroatoms. The molecular weight excluding hydrogens is 413 g/mol. The summed E-state index contributed by atoms with van der Waals surface area (Å²) in [5.41, 5.74) is 0.457. The molecule has 0 fully saturated rings. The largest absolute Gasteiger partial charge is 0.482 e. The van der Waals surface area contributed by atoms with Gasteiger partial charge in [-0.05, 0) is 24.3 Å². The van der Waals surface area contributed by atoms with E-state index in [1.807, 2.05) is 0 Å². The molecule has 1 aliphatic heterocycles. The zero-order valence-electron chi connectivity index (χ0n) is 14.5. The molecule has 0 aliphatic carbocycles. The van der Waals surface area contributed by atoms with Crippen molar-refractivity contribution in [2.24, 2.45) is 0 Å². The molecule has 8 nitrogen and oxygen atoms in total. The summed E-state index contributed by atoms with van der Waals surface area (Å²) < 4.78 is 44.8. The topological polar surface area (TPSA) is 105 Å². The number of benzene rings is 2. The molecule has 1 aliphatic rings. The van der Waals surface area contributed by atoms with Gasteiger partial charge in [0.25, 0.3) is 5.91 Å². The number of hydrogen-bond donors (Lipinski definition) is 2. The molecule has 2 aromatic carbocycles. The van der Waals surface area contributed by atoms with E-state index in [0.29, 0.717) is 0 Å². The summed E-state index contributed by atoms with van der Waals surface area (Å²) in [5.74, 6) is -1.42. The summed E-state index contributed by atoms with van der Waals surface area (Å²) in [6.07, 6.45) is 0. The third-order valence-corrected chi connectivity index (χ3v) is 6.10. The van der Waals surface area contributed by atoms with Crippen LogP contribution in [0.1, 0.15) is 0 Å². The van der Waals surface area contributed by atoms with Crippen LogP contribution in [0.25, 0.3) is 0 Å². The van der Waals surface area contributed by atoms with Crippen molar-refractivity contribution in [1.82, 2.24) is 4.31 Å². The van der Waals surface area contributed by atoms with Gasteiger partial charge in [-0.3, -0.25) is 9.59 Å². The van der Waals surface area contributed by atoms with Crippen LogP contribution in [0.5, 0.6) is 5.75 Å².